The van der Waals surface area contributed by atoms with Crippen molar-refractivity contribution in [2.45, 2.75) is 124 Å². The van der Waals surface area contributed by atoms with Crippen LogP contribution in [-0.4, -0.2) is 77.2 Å². The molecule has 5 fully saturated rings. The molecule has 0 radical (unpaired) electrons. The predicted octanol–water partition coefficient (Wildman–Crippen LogP) is 2.85. The van der Waals surface area contributed by atoms with Crippen LogP contribution in [0.2, 0.25) is 0 Å². The molecule has 194 valence electrons. The van der Waals surface area contributed by atoms with Crippen LogP contribution in [0.5, 0.6) is 0 Å². The molecule has 10 heteroatoms. The first kappa shape index (κ1) is 26.0. The van der Waals surface area contributed by atoms with E-state index in [1.807, 2.05) is 0 Å². The van der Waals surface area contributed by atoms with E-state index < -0.39 is 34.9 Å². The van der Waals surface area contributed by atoms with Crippen molar-refractivity contribution in [2.75, 3.05) is 13.2 Å². The molecule has 5 saturated carbocycles. The molecule has 0 saturated heterocycles. The summed E-state index contributed by atoms with van der Waals surface area (Å²) in [6.07, 6.45) is 3.22. The number of alkyl halides is 3. The van der Waals surface area contributed by atoms with Gasteiger partial charge in [0.2, 0.25) is 11.8 Å². The molecule has 0 heterocycles. The average molecular weight is 507 g/mol. The van der Waals surface area contributed by atoms with E-state index in [4.69, 9.17) is 21.1 Å². The van der Waals surface area contributed by atoms with Crippen molar-refractivity contribution in [3.8, 4) is 0 Å². The molecule has 3 unspecified atom stereocenters. The molecule has 2 amide bonds. The normalized spacial score (nSPS) is 42.2. The number of hydrogen-bond donors (Lipinski definition) is 3. The quantitative estimate of drug-likeness (QED) is 0.440. The second-order valence-corrected chi connectivity index (χ2v) is 11.3. The van der Waals surface area contributed by atoms with Crippen molar-refractivity contribution < 1.29 is 33.0 Å². The van der Waals surface area contributed by atoms with Crippen LogP contribution in [0.1, 0.15) is 77.0 Å². The summed E-state index contributed by atoms with van der Waals surface area (Å²) in [5.41, 5.74) is -1.24. The van der Waals surface area contributed by atoms with Crippen molar-refractivity contribution >= 4 is 23.4 Å². The maximum absolute atomic E-state index is 13.8. The minimum atomic E-state index is -1.13. The number of aliphatic hydroxyl groups excluding tert-OH is 1. The molecule has 0 spiro atoms. The van der Waals surface area contributed by atoms with Crippen molar-refractivity contribution in [1.29, 1.82) is 0 Å². The van der Waals surface area contributed by atoms with Crippen molar-refractivity contribution in [1.82, 2.24) is 10.6 Å². The van der Waals surface area contributed by atoms with Crippen molar-refractivity contribution in [3.63, 3.8) is 0 Å². The Morgan fingerprint density at radius 2 is 1.47 bits per heavy atom. The number of amides is 2. The topological polar surface area (TPSA) is 96.9 Å². The third kappa shape index (κ3) is 6.20. The molecular weight excluding hydrogens is 470 g/mol. The van der Waals surface area contributed by atoms with Gasteiger partial charge in [0.25, 0.3) is 0 Å². The Labute approximate surface area is 204 Å². The molecular formula is C24H37ClF2N2O5. The van der Waals surface area contributed by atoms with E-state index in [1.165, 1.54) is 0 Å². The maximum atomic E-state index is 13.8. The van der Waals surface area contributed by atoms with Gasteiger partial charge in [-0.1, -0.05) is 0 Å². The Kier molecular flexibility index (Phi) is 8.37. The summed E-state index contributed by atoms with van der Waals surface area (Å²) in [6.45, 7) is -0.244. The van der Waals surface area contributed by atoms with Crippen molar-refractivity contribution in [3.05, 3.63) is 0 Å². The highest BCUT2D eigenvalue weighted by Gasteiger charge is 2.55. The van der Waals surface area contributed by atoms with Crippen LogP contribution >= 0.6 is 11.6 Å². The third-order valence-electron chi connectivity index (χ3n) is 8.26. The first-order chi connectivity index (χ1) is 16.2. The third-order valence-corrected chi connectivity index (χ3v) is 8.75. The highest BCUT2D eigenvalue weighted by molar-refractivity contribution is 6.21. The average Bonchev–Trinajstić information content (AvgIpc) is 2.81. The van der Waals surface area contributed by atoms with Gasteiger partial charge in [-0.25, -0.2) is 8.78 Å². The zero-order chi connectivity index (χ0) is 24.3. The van der Waals surface area contributed by atoms with Crippen LogP contribution in [0.25, 0.3) is 0 Å². The van der Waals surface area contributed by atoms with E-state index >= 15 is 0 Å². The van der Waals surface area contributed by atoms with Gasteiger partial charge < -0.3 is 25.2 Å². The zero-order valence-electron chi connectivity index (χ0n) is 19.6. The summed E-state index contributed by atoms with van der Waals surface area (Å²) in [4.78, 5) is 25.1. The molecule has 5 aliphatic rings. The van der Waals surface area contributed by atoms with Crippen LogP contribution in [0.15, 0.2) is 0 Å². The largest absolute Gasteiger partial charge is 0.391 e. The number of halogens is 3. The van der Waals surface area contributed by atoms with Crippen LogP contribution in [0, 0.1) is 0 Å². The molecule has 5 rings (SSSR count). The molecule has 2 bridgehead atoms. The fourth-order valence-corrected chi connectivity index (χ4v) is 6.31. The number of fused-ring (bicyclic) bond motifs is 3. The van der Waals surface area contributed by atoms with E-state index in [1.54, 1.807) is 0 Å². The van der Waals surface area contributed by atoms with Gasteiger partial charge in [0.15, 0.2) is 0 Å². The van der Waals surface area contributed by atoms with Crippen molar-refractivity contribution in [2.24, 2.45) is 0 Å². The van der Waals surface area contributed by atoms with E-state index in [-0.39, 0.29) is 43.7 Å². The smallest absolute Gasteiger partial charge is 0.246 e. The molecule has 4 atom stereocenters. The van der Waals surface area contributed by atoms with E-state index in [2.05, 4.69) is 10.6 Å². The lowest BCUT2D eigenvalue weighted by Gasteiger charge is -2.56. The van der Waals surface area contributed by atoms with Gasteiger partial charge in [-0.15, -0.1) is 11.6 Å². The molecule has 7 nitrogen and oxygen atoms in total. The minimum Gasteiger partial charge on any atom is -0.391 e. The van der Waals surface area contributed by atoms with Crippen LogP contribution in [-0.2, 0) is 19.1 Å². The zero-order valence-corrected chi connectivity index (χ0v) is 20.3. The molecule has 3 N–H and O–H groups in total. The van der Waals surface area contributed by atoms with E-state index in [0.717, 1.165) is 0 Å². The summed E-state index contributed by atoms with van der Waals surface area (Å²) in [6, 6.07) is 0. The Balaban J connectivity index is 1.20. The summed E-state index contributed by atoms with van der Waals surface area (Å²) in [5.74, 6) is -0.545. The number of nitrogens with one attached hydrogen (secondary N) is 2. The summed E-state index contributed by atoms with van der Waals surface area (Å²) in [5, 5.41) is 16.4. The Morgan fingerprint density at radius 1 is 0.882 bits per heavy atom. The summed E-state index contributed by atoms with van der Waals surface area (Å²) >= 11 is 5.90. The van der Waals surface area contributed by atoms with E-state index in [0.29, 0.717) is 70.6 Å². The molecule has 0 aromatic carbocycles. The van der Waals surface area contributed by atoms with E-state index in [9.17, 15) is 23.5 Å². The standard InChI is InChI=1S/C24H37ClF2N2O5/c25-18-6-5-17(11-19(18)27)34-14-22(32)29-24-9-7-23(8-10-24,12-20(24)30)28-21(31)13-33-16-3-1-15(26)2-4-16/h15-20,30H,1-14H2,(H,28,31)(H,29,32)/t15?,16?,17?,18?,19?,20-,23?,24?/m0/s1. The van der Waals surface area contributed by atoms with Gasteiger partial charge in [0.1, 0.15) is 25.6 Å². The lowest BCUT2D eigenvalue weighted by molar-refractivity contribution is -0.142. The van der Waals surface area contributed by atoms with Gasteiger partial charge >= 0.3 is 0 Å². The number of carbonyl (C=O) groups is 2. The lowest BCUT2D eigenvalue weighted by Crippen LogP contribution is -2.70. The molecule has 0 aromatic rings. The Hall–Kier alpha value is -1.03. The first-order valence-electron chi connectivity index (χ1n) is 12.6. The number of rotatable bonds is 8. The number of aliphatic hydroxyl groups is 1. The fourth-order valence-electron chi connectivity index (χ4n) is 6.08. The summed E-state index contributed by atoms with van der Waals surface area (Å²) in [7, 11) is 0. The highest BCUT2D eigenvalue weighted by Crippen LogP contribution is 2.47. The highest BCUT2D eigenvalue weighted by atomic mass is 35.5. The maximum Gasteiger partial charge on any atom is 0.246 e. The monoisotopic (exact) mass is 506 g/mol. The SMILES string of the molecule is O=C(COC1CCC(F)CC1)NC12CCC(NC(=O)COC3CCC(Cl)C(F)C3)(CC1)[C@@H](O)C2. The molecule has 5 aliphatic carbocycles. The summed E-state index contributed by atoms with van der Waals surface area (Å²) < 4.78 is 38.3. The van der Waals surface area contributed by atoms with Gasteiger partial charge in [-0.3, -0.25) is 9.59 Å². The first-order valence-corrected chi connectivity index (χ1v) is 13.1. The number of hydrogen-bond acceptors (Lipinski definition) is 5. The predicted molar refractivity (Wildman–Crippen MR) is 122 cm³/mol. The van der Waals surface area contributed by atoms with Crippen LogP contribution < -0.4 is 10.6 Å². The van der Waals surface area contributed by atoms with Gasteiger partial charge in [0.05, 0.1) is 29.2 Å². The number of carbonyl (C=O) groups excluding carboxylic acids is 2. The minimum absolute atomic E-state index is 0.0654. The van der Waals surface area contributed by atoms with Crippen LogP contribution in [0.4, 0.5) is 8.78 Å². The number of ether oxygens (including phenoxy) is 2. The Bertz CT molecular complexity index is 728. The van der Waals surface area contributed by atoms with Gasteiger partial charge in [-0.2, -0.15) is 0 Å². The van der Waals surface area contributed by atoms with Gasteiger partial charge in [0, 0.05) is 12.0 Å². The molecule has 0 aliphatic heterocycles. The second kappa shape index (κ2) is 10.9. The Morgan fingerprint density at radius 3 is 2.09 bits per heavy atom. The molecule has 34 heavy (non-hydrogen) atoms. The van der Waals surface area contributed by atoms with Gasteiger partial charge in [-0.05, 0) is 70.6 Å². The lowest BCUT2D eigenvalue weighted by atomic mass is 9.60. The fraction of sp³-hybridized carbons (Fsp3) is 0.917. The van der Waals surface area contributed by atoms with Crippen LogP contribution in [0.3, 0.4) is 0 Å². The molecule has 0 aromatic heterocycles. The second-order valence-electron chi connectivity index (χ2n) is 10.7.